The second-order valence-corrected chi connectivity index (χ2v) is 8.21. The predicted octanol–water partition coefficient (Wildman–Crippen LogP) is 3.29. The molecule has 1 saturated heterocycles. The van der Waals surface area contributed by atoms with Crippen molar-refractivity contribution in [3.63, 3.8) is 0 Å². The summed E-state index contributed by atoms with van der Waals surface area (Å²) in [6.07, 6.45) is 1.68. The van der Waals surface area contributed by atoms with Crippen molar-refractivity contribution in [1.29, 1.82) is 0 Å². The molecule has 1 atom stereocenters. The SMILES string of the molecule is CCNC(=NCC1(O)CCc2ccccc21)N1CCN(c2cccs2)CC1.I. The van der Waals surface area contributed by atoms with E-state index in [1.54, 1.807) is 11.3 Å². The average molecular weight is 512 g/mol. The van der Waals surface area contributed by atoms with Gasteiger partial charge in [0.1, 0.15) is 5.60 Å². The monoisotopic (exact) mass is 512 g/mol. The lowest BCUT2D eigenvalue weighted by Crippen LogP contribution is -2.52. The highest BCUT2D eigenvalue weighted by atomic mass is 127. The molecule has 0 amide bonds. The Bertz CT molecular complexity index is 789. The number of rotatable bonds is 4. The van der Waals surface area contributed by atoms with Gasteiger partial charge in [-0.15, -0.1) is 35.3 Å². The molecule has 1 aliphatic carbocycles. The van der Waals surface area contributed by atoms with Crippen LogP contribution in [0.4, 0.5) is 5.00 Å². The largest absolute Gasteiger partial charge is 0.383 e. The molecule has 0 spiro atoms. The zero-order valence-electron chi connectivity index (χ0n) is 16.3. The second kappa shape index (κ2) is 9.45. The summed E-state index contributed by atoms with van der Waals surface area (Å²) in [5, 5.41) is 18.1. The third kappa shape index (κ3) is 4.46. The molecular weight excluding hydrogens is 483 g/mol. The molecule has 2 heterocycles. The van der Waals surface area contributed by atoms with Gasteiger partial charge in [-0.3, -0.25) is 0 Å². The van der Waals surface area contributed by atoms with Crippen LogP contribution in [0.5, 0.6) is 0 Å². The van der Waals surface area contributed by atoms with Gasteiger partial charge in [-0.1, -0.05) is 24.3 Å². The van der Waals surface area contributed by atoms with E-state index in [-0.39, 0.29) is 24.0 Å². The lowest BCUT2D eigenvalue weighted by molar-refractivity contribution is 0.0482. The van der Waals surface area contributed by atoms with Crippen molar-refractivity contribution in [2.24, 2.45) is 4.99 Å². The standard InChI is InChI=1S/C21H28N4OS.HI/c1-2-22-20(25-13-11-24(12-14-25)19-8-5-15-27-19)23-16-21(26)10-9-17-6-3-4-7-18(17)21;/h3-8,15,26H,2,9-14,16H2,1H3,(H,22,23);1H. The van der Waals surface area contributed by atoms with E-state index in [0.717, 1.165) is 57.1 Å². The first-order valence-electron chi connectivity index (χ1n) is 9.82. The molecule has 2 aromatic rings. The van der Waals surface area contributed by atoms with Gasteiger partial charge in [0.15, 0.2) is 5.96 Å². The fraction of sp³-hybridized carbons (Fsp3) is 0.476. The predicted molar refractivity (Wildman–Crippen MR) is 128 cm³/mol. The summed E-state index contributed by atoms with van der Waals surface area (Å²) in [6, 6.07) is 12.5. The van der Waals surface area contributed by atoms with Gasteiger partial charge in [-0.05, 0) is 48.4 Å². The van der Waals surface area contributed by atoms with Crippen LogP contribution in [0.15, 0.2) is 46.8 Å². The molecule has 1 fully saturated rings. The normalized spacial score (nSPS) is 22.0. The molecular formula is C21H29IN4OS. The van der Waals surface area contributed by atoms with Crippen LogP contribution in [0, 0.1) is 0 Å². The molecule has 0 saturated carbocycles. The van der Waals surface area contributed by atoms with Crippen LogP contribution < -0.4 is 10.2 Å². The summed E-state index contributed by atoms with van der Waals surface area (Å²) in [4.78, 5) is 9.60. The summed E-state index contributed by atoms with van der Waals surface area (Å²) in [7, 11) is 0. The maximum absolute atomic E-state index is 11.2. The third-order valence-electron chi connectivity index (χ3n) is 5.55. The number of hydrogen-bond acceptors (Lipinski definition) is 4. The molecule has 2 aliphatic rings. The van der Waals surface area contributed by atoms with E-state index in [2.05, 4.69) is 45.6 Å². The molecule has 1 aliphatic heterocycles. The van der Waals surface area contributed by atoms with E-state index in [1.807, 2.05) is 18.2 Å². The molecule has 2 N–H and O–H groups in total. The zero-order valence-corrected chi connectivity index (χ0v) is 19.5. The van der Waals surface area contributed by atoms with E-state index in [1.165, 1.54) is 10.6 Å². The molecule has 0 radical (unpaired) electrons. The fourth-order valence-electron chi connectivity index (χ4n) is 4.05. The van der Waals surface area contributed by atoms with Crippen LogP contribution in [0.3, 0.4) is 0 Å². The topological polar surface area (TPSA) is 51.1 Å². The number of guanidine groups is 1. The summed E-state index contributed by atoms with van der Waals surface area (Å²) in [5.74, 6) is 0.918. The molecule has 0 bridgehead atoms. The lowest BCUT2D eigenvalue weighted by Gasteiger charge is -2.37. The molecule has 7 heteroatoms. The third-order valence-corrected chi connectivity index (χ3v) is 6.48. The minimum absolute atomic E-state index is 0. The van der Waals surface area contributed by atoms with Crippen molar-refractivity contribution in [2.75, 3.05) is 44.2 Å². The van der Waals surface area contributed by atoms with Gasteiger partial charge in [0, 0.05) is 32.7 Å². The zero-order chi connectivity index (χ0) is 18.7. The van der Waals surface area contributed by atoms with E-state index in [0.29, 0.717) is 6.54 Å². The van der Waals surface area contributed by atoms with Gasteiger partial charge in [-0.2, -0.15) is 0 Å². The van der Waals surface area contributed by atoms with E-state index in [9.17, 15) is 5.11 Å². The minimum atomic E-state index is -0.837. The van der Waals surface area contributed by atoms with Crippen molar-refractivity contribution in [1.82, 2.24) is 10.2 Å². The Morgan fingerprint density at radius 2 is 1.96 bits per heavy atom. The van der Waals surface area contributed by atoms with Crippen LogP contribution in [0.2, 0.25) is 0 Å². The Morgan fingerprint density at radius 1 is 1.18 bits per heavy atom. The molecule has 1 unspecified atom stereocenters. The Morgan fingerprint density at radius 3 is 2.68 bits per heavy atom. The first-order chi connectivity index (χ1) is 13.2. The van der Waals surface area contributed by atoms with Crippen LogP contribution in [0.25, 0.3) is 0 Å². The van der Waals surface area contributed by atoms with Crippen LogP contribution in [-0.4, -0.2) is 55.2 Å². The van der Waals surface area contributed by atoms with Crippen molar-refractivity contribution in [3.8, 4) is 0 Å². The van der Waals surface area contributed by atoms with Crippen LogP contribution >= 0.6 is 35.3 Å². The molecule has 1 aromatic carbocycles. The Balaban J connectivity index is 0.00000225. The number of fused-ring (bicyclic) bond motifs is 1. The second-order valence-electron chi connectivity index (χ2n) is 7.28. The number of thiophene rings is 1. The highest BCUT2D eigenvalue weighted by Gasteiger charge is 2.36. The number of nitrogens with zero attached hydrogens (tertiary/aromatic N) is 3. The number of aliphatic imine (C=N–C) groups is 1. The lowest BCUT2D eigenvalue weighted by atomic mass is 9.96. The summed E-state index contributed by atoms with van der Waals surface area (Å²) in [5.41, 5.74) is 1.47. The number of benzene rings is 1. The number of anilines is 1. The van der Waals surface area contributed by atoms with Gasteiger partial charge in [0.25, 0.3) is 0 Å². The molecule has 152 valence electrons. The van der Waals surface area contributed by atoms with E-state index >= 15 is 0 Å². The number of piperazine rings is 1. The number of aryl methyl sites for hydroxylation is 1. The van der Waals surface area contributed by atoms with Gasteiger partial charge >= 0.3 is 0 Å². The molecule has 5 nitrogen and oxygen atoms in total. The van der Waals surface area contributed by atoms with Crippen molar-refractivity contribution >= 4 is 46.3 Å². The maximum Gasteiger partial charge on any atom is 0.194 e. The van der Waals surface area contributed by atoms with E-state index < -0.39 is 5.60 Å². The highest BCUT2D eigenvalue weighted by Crippen LogP contribution is 2.36. The first-order valence-corrected chi connectivity index (χ1v) is 10.7. The number of halogens is 1. The Labute approximate surface area is 188 Å². The fourth-order valence-corrected chi connectivity index (χ4v) is 4.84. The molecule has 28 heavy (non-hydrogen) atoms. The first kappa shape index (κ1) is 21.4. The van der Waals surface area contributed by atoms with Gasteiger partial charge in [0.2, 0.25) is 0 Å². The minimum Gasteiger partial charge on any atom is -0.383 e. The van der Waals surface area contributed by atoms with Crippen molar-refractivity contribution in [3.05, 3.63) is 52.9 Å². The van der Waals surface area contributed by atoms with E-state index in [4.69, 9.17) is 4.99 Å². The highest BCUT2D eigenvalue weighted by molar-refractivity contribution is 14.0. The molecule has 4 rings (SSSR count). The smallest absolute Gasteiger partial charge is 0.194 e. The van der Waals surface area contributed by atoms with Crippen LogP contribution in [0.1, 0.15) is 24.5 Å². The van der Waals surface area contributed by atoms with Gasteiger partial charge in [0.05, 0.1) is 11.5 Å². The summed E-state index contributed by atoms with van der Waals surface area (Å²) in [6.45, 7) is 7.22. The quantitative estimate of drug-likeness (QED) is 0.375. The summed E-state index contributed by atoms with van der Waals surface area (Å²) >= 11 is 1.80. The van der Waals surface area contributed by atoms with Gasteiger partial charge < -0.3 is 20.2 Å². The van der Waals surface area contributed by atoms with Crippen molar-refractivity contribution in [2.45, 2.75) is 25.4 Å². The molecule has 1 aromatic heterocycles. The van der Waals surface area contributed by atoms with Crippen LogP contribution in [-0.2, 0) is 12.0 Å². The van der Waals surface area contributed by atoms with Gasteiger partial charge in [-0.25, -0.2) is 4.99 Å². The Kier molecular flexibility index (Phi) is 7.22. The average Bonchev–Trinajstić information content (AvgIpc) is 3.35. The number of aliphatic hydroxyl groups is 1. The van der Waals surface area contributed by atoms with Crippen molar-refractivity contribution < 1.29 is 5.11 Å². The Hall–Kier alpha value is -1.32. The number of nitrogens with one attached hydrogen (secondary N) is 1. The maximum atomic E-state index is 11.2. The number of hydrogen-bond donors (Lipinski definition) is 2. The summed E-state index contributed by atoms with van der Waals surface area (Å²) < 4.78 is 0.